The molecule has 0 amide bonds. The Morgan fingerprint density at radius 1 is 1.69 bits per heavy atom. The highest BCUT2D eigenvalue weighted by molar-refractivity contribution is 7.98. The van der Waals surface area contributed by atoms with Crippen LogP contribution in [0.5, 0.6) is 0 Å². The lowest BCUT2D eigenvalue weighted by molar-refractivity contribution is -0.116. The Hall–Kier alpha value is -0.610. The lowest BCUT2D eigenvalue weighted by Crippen LogP contribution is -2.04. The van der Waals surface area contributed by atoms with Crippen LogP contribution in [0.3, 0.4) is 0 Å². The SMILES string of the molecule is CSc1nccc(C(Cl)C(C)=O)n1. The number of ketones is 1. The molecular formula is C8H9ClN2OS. The summed E-state index contributed by atoms with van der Waals surface area (Å²) < 4.78 is 0. The first-order valence-corrected chi connectivity index (χ1v) is 5.32. The molecule has 70 valence electrons. The highest BCUT2D eigenvalue weighted by Crippen LogP contribution is 2.20. The van der Waals surface area contributed by atoms with Gasteiger partial charge in [0.1, 0.15) is 5.38 Å². The number of carbonyl (C=O) groups is 1. The van der Waals surface area contributed by atoms with Crippen molar-refractivity contribution in [2.75, 3.05) is 6.26 Å². The molecule has 0 aromatic carbocycles. The van der Waals surface area contributed by atoms with Crippen molar-refractivity contribution in [1.82, 2.24) is 9.97 Å². The van der Waals surface area contributed by atoms with Gasteiger partial charge in [-0.15, -0.1) is 11.6 Å². The van der Waals surface area contributed by atoms with E-state index >= 15 is 0 Å². The summed E-state index contributed by atoms with van der Waals surface area (Å²) in [5, 5.41) is -0.0294. The Morgan fingerprint density at radius 3 is 2.92 bits per heavy atom. The Kier molecular flexibility index (Phi) is 3.69. The Morgan fingerprint density at radius 2 is 2.38 bits per heavy atom. The summed E-state index contributed by atoms with van der Waals surface area (Å²) in [7, 11) is 0. The zero-order chi connectivity index (χ0) is 9.84. The minimum absolute atomic E-state index is 0.104. The van der Waals surface area contributed by atoms with Crippen LogP contribution in [0.15, 0.2) is 17.4 Å². The van der Waals surface area contributed by atoms with Crippen LogP contribution in [0.2, 0.25) is 0 Å². The number of carbonyl (C=O) groups excluding carboxylic acids is 1. The van der Waals surface area contributed by atoms with Crippen LogP contribution in [0.25, 0.3) is 0 Å². The second-order valence-corrected chi connectivity index (χ2v) is 3.65. The number of Topliss-reactive ketones (excluding diaryl/α,β-unsaturated/α-hetero) is 1. The highest BCUT2D eigenvalue weighted by Gasteiger charge is 2.14. The molecule has 0 saturated heterocycles. The van der Waals surface area contributed by atoms with Crippen LogP contribution in [-0.4, -0.2) is 22.0 Å². The predicted molar refractivity (Wildman–Crippen MR) is 53.1 cm³/mol. The minimum Gasteiger partial charge on any atom is -0.298 e. The number of aromatic nitrogens is 2. The topological polar surface area (TPSA) is 42.9 Å². The van der Waals surface area contributed by atoms with Crippen molar-refractivity contribution in [3.05, 3.63) is 18.0 Å². The van der Waals surface area contributed by atoms with Crippen molar-refractivity contribution in [2.24, 2.45) is 0 Å². The fourth-order valence-corrected chi connectivity index (χ4v) is 1.29. The van der Waals surface area contributed by atoms with Gasteiger partial charge in [0.05, 0.1) is 5.69 Å². The van der Waals surface area contributed by atoms with Crippen LogP contribution in [0, 0.1) is 0 Å². The van der Waals surface area contributed by atoms with E-state index in [1.165, 1.54) is 18.7 Å². The maximum absolute atomic E-state index is 10.9. The molecule has 1 heterocycles. The second kappa shape index (κ2) is 4.58. The quantitative estimate of drug-likeness (QED) is 0.441. The van der Waals surface area contributed by atoms with Crippen molar-refractivity contribution in [2.45, 2.75) is 17.5 Å². The molecule has 1 aromatic rings. The summed E-state index contributed by atoms with van der Waals surface area (Å²) in [6.45, 7) is 1.44. The fourth-order valence-electron chi connectivity index (χ4n) is 0.802. The smallest absolute Gasteiger partial charge is 0.187 e. The van der Waals surface area contributed by atoms with E-state index in [2.05, 4.69) is 9.97 Å². The van der Waals surface area contributed by atoms with Crippen LogP contribution < -0.4 is 0 Å². The number of alkyl halides is 1. The number of nitrogens with zero attached hydrogens (tertiary/aromatic N) is 2. The van der Waals surface area contributed by atoms with Gasteiger partial charge in [-0.3, -0.25) is 4.79 Å². The van der Waals surface area contributed by atoms with E-state index in [4.69, 9.17) is 11.6 Å². The number of rotatable bonds is 3. The summed E-state index contributed by atoms with van der Waals surface area (Å²) in [6.07, 6.45) is 3.47. The first kappa shape index (κ1) is 10.5. The van der Waals surface area contributed by atoms with E-state index in [-0.39, 0.29) is 5.78 Å². The molecule has 0 N–H and O–H groups in total. The second-order valence-electron chi connectivity index (χ2n) is 2.44. The number of halogens is 1. The van der Waals surface area contributed by atoms with E-state index in [0.717, 1.165) is 0 Å². The van der Waals surface area contributed by atoms with Crippen molar-refractivity contribution in [3.63, 3.8) is 0 Å². The van der Waals surface area contributed by atoms with Crippen LogP contribution in [0.1, 0.15) is 18.0 Å². The average molecular weight is 217 g/mol. The van der Waals surface area contributed by atoms with Crippen molar-refractivity contribution in [3.8, 4) is 0 Å². The normalized spacial score (nSPS) is 12.5. The monoisotopic (exact) mass is 216 g/mol. The molecule has 5 heteroatoms. The third-order valence-electron chi connectivity index (χ3n) is 1.45. The summed E-state index contributed by atoms with van der Waals surface area (Å²) in [5.74, 6) is -0.104. The van der Waals surface area contributed by atoms with Crippen LogP contribution in [0.4, 0.5) is 0 Å². The van der Waals surface area contributed by atoms with E-state index in [1.807, 2.05) is 6.26 Å². The molecule has 1 atom stereocenters. The maximum atomic E-state index is 10.9. The Balaban J connectivity index is 2.94. The van der Waals surface area contributed by atoms with Gasteiger partial charge in [0, 0.05) is 6.20 Å². The highest BCUT2D eigenvalue weighted by atomic mass is 35.5. The van der Waals surface area contributed by atoms with Crippen molar-refractivity contribution < 1.29 is 4.79 Å². The van der Waals surface area contributed by atoms with Crippen LogP contribution >= 0.6 is 23.4 Å². The van der Waals surface area contributed by atoms with Gasteiger partial charge in [-0.25, -0.2) is 9.97 Å². The summed E-state index contributed by atoms with van der Waals surface area (Å²) >= 11 is 7.24. The van der Waals surface area contributed by atoms with E-state index in [0.29, 0.717) is 10.9 Å². The van der Waals surface area contributed by atoms with Gasteiger partial charge in [0.25, 0.3) is 0 Å². The van der Waals surface area contributed by atoms with Gasteiger partial charge in [0.15, 0.2) is 10.9 Å². The zero-order valence-electron chi connectivity index (χ0n) is 7.32. The van der Waals surface area contributed by atoms with E-state index in [9.17, 15) is 4.79 Å². The third kappa shape index (κ3) is 2.67. The lowest BCUT2D eigenvalue weighted by Gasteiger charge is -2.04. The van der Waals surface area contributed by atoms with Crippen molar-refractivity contribution in [1.29, 1.82) is 0 Å². The van der Waals surface area contributed by atoms with E-state index in [1.54, 1.807) is 12.3 Å². The Bertz CT molecular complexity index is 319. The summed E-state index contributed by atoms with van der Waals surface area (Å²) in [5.41, 5.74) is 0.563. The predicted octanol–water partition coefficient (Wildman–Crippen LogP) is 2.07. The molecule has 0 radical (unpaired) electrons. The first-order chi connectivity index (χ1) is 6.15. The molecule has 0 saturated carbocycles. The van der Waals surface area contributed by atoms with Crippen LogP contribution in [-0.2, 0) is 4.79 Å². The fraction of sp³-hybridized carbons (Fsp3) is 0.375. The third-order valence-corrected chi connectivity index (χ3v) is 2.55. The molecule has 0 aliphatic carbocycles. The number of hydrogen-bond donors (Lipinski definition) is 0. The minimum atomic E-state index is -0.658. The molecular weight excluding hydrogens is 208 g/mol. The van der Waals surface area contributed by atoms with Gasteiger partial charge in [-0.05, 0) is 19.2 Å². The molecule has 0 aliphatic heterocycles. The van der Waals surface area contributed by atoms with E-state index < -0.39 is 5.38 Å². The van der Waals surface area contributed by atoms with Crippen molar-refractivity contribution >= 4 is 29.1 Å². The molecule has 1 rings (SSSR count). The average Bonchev–Trinajstić information content (AvgIpc) is 2.16. The summed E-state index contributed by atoms with van der Waals surface area (Å²) in [4.78, 5) is 19.0. The number of hydrogen-bond acceptors (Lipinski definition) is 4. The molecule has 0 bridgehead atoms. The first-order valence-electron chi connectivity index (χ1n) is 3.66. The molecule has 1 aromatic heterocycles. The Labute approximate surface area is 85.9 Å². The van der Waals surface area contributed by atoms with Gasteiger partial charge in [-0.1, -0.05) is 11.8 Å². The molecule has 1 unspecified atom stereocenters. The van der Waals surface area contributed by atoms with Gasteiger partial charge in [0.2, 0.25) is 0 Å². The van der Waals surface area contributed by atoms with Gasteiger partial charge >= 0.3 is 0 Å². The molecule has 0 spiro atoms. The molecule has 0 fully saturated rings. The van der Waals surface area contributed by atoms with Gasteiger partial charge < -0.3 is 0 Å². The zero-order valence-corrected chi connectivity index (χ0v) is 8.89. The maximum Gasteiger partial charge on any atom is 0.187 e. The lowest BCUT2D eigenvalue weighted by atomic mass is 10.2. The largest absolute Gasteiger partial charge is 0.298 e. The molecule has 3 nitrogen and oxygen atoms in total. The molecule has 0 aliphatic rings. The summed E-state index contributed by atoms with van der Waals surface area (Å²) in [6, 6.07) is 1.65. The number of thioether (sulfide) groups is 1. The standard InChI is InChI=1S/C8H9ClN2OS/c1-5(12)7(9)6-3-4-10-8(11-6)13-2/h3-4,7H,1-2H3. The molecule has 13 heavy (non-hydrogen) atoms. The van der Waals surface area contributed by atoms with Gasteiger partial charge in [-0.2, -0.15) is 0 Å².